The molecule has 134 valence electrons. The van der Waals surface area contributed by atoms with Gasteiger partial charge in [-0.05, 0) is 26.8 Å². The Kier molecular flexibility index (Phi) is 5.15. The fraction of sp³-hybridized carbons (Fsp3) is 0.312. The van der Waals surface area contributed by atoms with Crippen molar-refractivity contribution in [1.29, 1.82) is 0 Å². The van der Waals surface area contributed by atoms with E-state index in [1.165, 1.54) is 25.1 Å². The smallest absolute Gasteiger partial charge is 0.370 e. The number of aryl methyl sites for hydroxylation is 1. The van der Waals surface area contributed by atoms with E-state index in [-0.39, 0.29) is 34.6 Å². The van der Waals surface area contributed by atoms with Crippen LogP contribution in [0.1, 0.15) is 35.5 Å². The minimum atomic E-state index is -4.60. The Morgan fingerprint density at radius 1 is 1.32 bits per heavy atom. The summed E-state index contributed by atoms with van der Waals surface area (Å²) in [5, 5.41) is 5.96. The van der Waals surface area contributed by atoms with Gasteiger partial charge in [0.25, 0.3) is 5.91 Å². The number of nitrogens with one attached hydrogen (secondary N) is 1. The van der Waals surface area contributed by atoms with Crippen LogP contribution in [0.15, 0.2) is 33.8 Å². The van der Waals surface area contributed by atoms with Crippen LogP contribution in [-0.4, -0.2) is 23.1 Å². The number of rotatable bonds is 3. The van der Waals surface area contributed by atoms with Crippen molar-refractivity contribution in [3.05, 3.63) is 41.2 Å². The lowest BCUT2D eigenvalue weighted by Gasteiger charge is -2.12. The molecule has 0 aliphatic rings. The van der Waals surface area contributed by atoms with E-state index in [1.807, 2.05) is 0 Å². The maximum atomic E-state index is 13.2. The largest absolute Gasteiger partial charge is 0.417 e. The standard InChI is InChI=1S/C16H17F3N4O2/c1-8(2)21-15(20)22-14(24)12-9(3)25-23-13(12)10-6-4-5-7-11(10)16(17,18)19/h4-8H,1-3H3,(H3,20,21,22,24). The zero-order valence-corrected chi connectivity index (χ0v) is 13.8. The Bertz CT molecular complexity index is 810. The zero-order valence-electron chi connectivity index (χ0n) is 13.8. The van der Waals surface area contributed by atoms with Crippen molar-refractivity contribution in [3.8, 4) is 11.3 Å². The number of halogens is 3. The number of guanidine groups is 1. The third-order valence-electron chi connectivity index (χ3n) is 3.22. The number of aromatic nitrogens is 1. The minimum Gasteiger partial charge on any atom is -0.370 e. The second kappa shape index (κ2) is 6.96. The van der Waals surface area contributed by atoms with Crippen LogP contribution in [0.5, 0.6) is 0 Å². The van der Waals surface area contributed by atoms with Gasteiger partial charge in [-0.3, -0.25) is 15.1 Å². The van der Waals surface area contributed by atoms with E-state index >= 15 is 0 Å². The Balaban J connectivity index is 2.50. The predicted molar refractivity (Wildman–Crippen MR) is 85.9 cm³/mol. The number of alkyl halides is 3. The van der Waals surface area contributed by atoms with Gasteiger partial charge >= 0.3 is 6.18 Å². The number of amides is 1. The number of hydrogen-bond acceptors (Lipinski definition) is 4. The molecule has 0 aliphatic heterocycles. The molecule has 0 saturated carbocycles. The van der Waals surface area contributed by atoms with Gasteiger partial charge in [-0.2, -0.15) is 13.2 Å². The second-order valence-corrected chi connectivity index (χ2v) is 5.57. The molecule has 25 heavy (non-hydrogen) atoms. The zero-order chi connectivity index (χ0) is 18.8. The van der Waals surface area contributed by atoms with Gasteiger partial charge in [-0.1, -0.05) is 23.4 Å². The van der Waals surface area contributed by atoms with Crippen LogP contribution in [0, 0.1) is 6.92 Å². The summed E-state index contributed by atoms with van der Waals surface area (Å²) in [6.45, 7) is 4.95. The first-order valence-electron chi connectivity index (χ1n) is 7.38. The fourth-order valence-corrected chi connectivity index (χ4v) is 2.25. The highest BCUT2D eigenvalue weighted by Gasteiger charge is 2.35. The molecule has 3 N–H and O–H groups in total. The highest BCUT2D eigenvalue weighted by atomic mass is 19.4. The van der Waals surface area contributed by atoms with E-state index in [2.05, 4.69) is 15.5 Å². The average Bonchev–Trinajstić information content (AvgIpc) is 2.87. The van der Waals surface area contributed by atoms with Gasteiger partial charge in [0.05, 0.1) is 5.56 Å². The van der Waals surface area contributed by atoms with Crippen LogP contribution in [0.2, 0.25) is 0 Å². The fourth-order valence-electron chi connectivity index (χ4n) is 2.25. The van der Waals surface area contributed by atoms with Crippen molar-refractivity contribution in [2.45, 2.75) is 33.0 Å². The Morgan fingerprint density at radius 2 is 1.96 bits per heavy atom. The summed E-state index contributed by atoms with van der Waals surface area (Å²) in [5.41, 5.74) is 4.10. The van der Waals surface area contributed by atoms with Gasteiger partial charge in [0.2, 0.25) is 0 Å². The number of carbonyl (C=O) groups excluding carboxylic acids is 1. The van der Waals surface area contributed by atoms with Gasteiger partial charge in [-0.15, -0.1) is 0 Å². The summed E-state index contributed by atoms with van der Waals surface area (Å²) in [7, 11) is 0. The lowest BCUT2D eigenvalue weighted by atomic mass is 10.00. The number of aliphatic imine (C=N–C) groups is 1. The molecule has 0 fully saturated rings. The van der Waals surface area contributed by atoms with Gasteiger partial charge < -0.3 is 10.3 Å². The molecule has 6 nitrogen and oxygen atoms in total. The van der Waals surface area contributed by atoms with Crippen molar-refractivity contribution >= 4 is 11.9 Å². The van der Waals surface area contributed by atoms with Crippen LogP contribution < -0.4 is 11.1 Å². The van der Waals surface area contributed by atoms with E-state index in [0.717, 1.165) is 6.07 Å². The molecule has 0 saturated heterocycles. The summed E-state index contributed by atoms with van der Waals surface area (Å²) in [4.78, 5) is 16.4. The number of nitrogens with zero attached hydrogens (tertiary/aromatic N) is 2. The molecule has 1 heterocycles. The molecular formula is C16H17F3N4O2. The first-order valence-corrected chi connectivity index (χ1v) is 7.38. The van der Waals surface area contributed by atoms with Crippen molar-refractivity contribution in [3.63, 3.8) is 0 Å². The van der Waals surface area contributed by atoms with Crippen LogP contribution in [0.3, 0.4) is 0 Å². The molecule has 2 aromatic rings. The van der Waals surface area contributed by atoms with Gasteiger partial charge in [0, 0.05) is 11.6 Å². The van der Waals surface area contributed by atoms with Crippen molar-refractivity contribution in [2.75, 3.05) is 0 Å². The van der Waals surface area contributed by atoms with E-state index < -0.39 is 17.6 Å². The molecule has 1 amide bonds. The molecule has 1 aromatic carbocycles. The highest BCUT2D eigenvalue weighted by Crippen LogP contribution is 2.38. The number of benzene rings is 1. The summed E-state index contributed by atoms with van der Waals surface area (Å²) >= 11 is 0. The van der Waals surface area contributed by atoms with E-state index in [1.54, 1.807) is 13.8 Å². The SMILES string of the molecule is Cc1onc(-c2ccccc2C(F)(F)F)c1C(=O)NC(N)=NC(C)C. The molecule has 0 spiro atoms. The third-order valence-corrected chi connectivity index (χ3v) is 3.22. The first kappa shape index (κ1) is 18.5. The summed E-state index contributed by atoms with van der Waals surface area (Å²) in [6.07, 6.45) is -4.60. The number of nitrogens with two attached hydrogens (primary N) is 1. The normalized spacial score (nSPS) is 12.5. The van der Waals surface area contributed by atoms with Gasteiger partial charge in [-0.25, -0.2) is 0 Å². The van der Waals surface area contributed by atoms with Crippen molar-refractivity contribution in [1.82, 2.24) is 10.5 Å². The predicted octanol–water partition coefficient (Wildman–Crippen LogP) is 3.12. The number of hydrogen-bond donors (Lipinski definition) is 2. The Hall–Kier alpha value is -2.84. The molecule has 2 rings (SSSR count). The van der Waals surface area contributed by atoms with Gasteiger partial charge in [0.1, 0.15) is 17.0 Å². The third kappa shape index (κ3) is 4.17. The van der Waals surface area contributed by atoms with Crippen LogP contribution in [0.25, 0.3) is 11.3 Å². The summed E-state index contributed by atoms with van der Waals surface area (Å²) < 4.78 is 44.6. The average molecular weight is 354 g/mol. The van der Waals surface area contributed by atoms with Crippen molar-refractivity contribution in [2.24, 2.45) is 10.7 Å². The highest BCUT2D eigenvalue weighted by molar-refractivity contribution is 6.09. The van der Waals surface area contributed by atoms with Crippen LogP contribution >= 0.6 is 0 Å². The van der Waals surface area contributed by atoms with E-state index in [0.29, 0.717) is 0 Å². The second-order valence-electron chi connectivity index (χ2n) is 5.57. The molecule has 1 aromatic heterocycles. The number of carbonyl (C=O) groups is 1. The summed E-state index contributed by atoms with van der Waals surface area (Å²) in [5.74, 6) is -0.815. The molecular weight excluding hydrogens is 337 g/mol. The lowest BCUT2D eigenvalue weighted by molar-refractivity contribution is -0.137. The lowest BCUT2D eigenvalue weighted by Crippen LogP contribution is -2.37. The van der Waals surface area contributed by atoms with E-state index in [4.69, 9.17) is 10.3 Å². The maximum absolute atomic E-state index is 13.2. The first-order chi connectivity index (χ1) is 11.6. The quantitative estimate of drug-likeness (QED) is 0.654. The van der Waals surface area contributed by atoms with Crippen LogP contribution in [0.4, 0.5) is 13.2 Å². The molecule has 0 atom stereocenters. The maximum Gasteiger partial charge on any atom is 0.417 e. The minimum absolute atomic E-state index is 0.0711. The Labute approximate surface area is 141 Å². The molecule has 0 aliphatic carbocycles. The summed E-state index contributed by atoms with van der Waals surface area (Å²) in [6, 6.07) is 4.66. The van der Waals surface area contributed by atoms with Gasteiger partial charge in [0.15, 0.2) is 5.96 Å². The monoisotopic (exact) mass is 354 g/mol. The Morgan fingerprint density at radius 3 is 2.56 bits per heavy atom. The van der Waals surface area contributed by atoms with E-state index in [9.17, 15) is 18.0 Å². The molecule has 0 bridgehead atoms. The molecule has 0 unspecified atom stereocenters. The topological polar surface area (TPSA) is 93.5 Å². The van der Waals surface area contributed by atoms with Crippen molar-refractivity contribution < 1.29 is 22.5 Å². The molecule has 9 heteroatoms. The molecule has 0 radical (unpaired) electrons. The van der Waals surface area contributed by atoms with Crippen LogP contribution in [-0.2, 0) is 6.18 Å².